The fourth-order valence-electron chi connectivity index (χ4n) is 2.63. The van der Waals surface area contributed by atoms with Crippen molar-refractivity contribution in [3.63, 3.8) is 0 Å². The van der Waals surface area contributed by atoms with E-state index in [0.29, 0.717) is 5.92 Å². The van der Waals surface area contributed by atoms with Gasteiger partial charge in [-0.1, -0.05) is 25.5 Å². The van der Waals surface area contributed by atoms with Crippen molar-refractivity contribution in [2.24, 2.45) is 5.92 Å². The molecule has 76 valence electrons. The first-order valence-electron chi connectivity index (χ1n) is 5.43. The molecule has 0 heterocycles. The van der Waals surface area contributed by atoms with Gasteiger partial charge in [-0.25, -0.2) is 4.39 Å². The summed E-state index contributed by atoms with van der Waals surface area (Å²) in [6.07, 6.45) is 3.56. The van der Waals surface area contributed by atoms with Crippen LogP contribution in [-0.4, -0.2) is 0 Å². The van der Waals surface area contributed by atoms with Crippen LogP contribution in [0.3, 0.4) is 0 Å². The summed E-state index contributed by atoms with van der Waals surface area (Å²) in [5.41, 5.74) is 2.08. The Labute approximate surface area is 85.1 Å². The molecule has 0 radical (unpaired) electrons. The number of hydrogen-bond acceptors (Lipinski definition) is 0. The molecular formula is C13H17F. The summed E-state index contributed by atoms with van der Waals surface area (Å²) in [7, 11) is 0. The second kappa shape index (κ2) is 3.72. The van der Waals surface area contributed by atoms with Crippen LogP contribution in [0.5, 0.6) is 0 Å². The molecule has 2 rings (SSSR count). The van der Waals surface area contributed by atoms with Crippen molar-refractivity contribution in [1.29, 1.82) is 0 Å². The van der Waals surface area contributed by atoms with E-state index in [2.05, 4.69) is 6.92 Å². The molecule has 1 heteroatoms. The summed E-state index contributed by atoms with van der Waals surface area (Å²) >= 11 is 0. The van der Waals surface area contributed by atoms with Crippen LogP contribution in [0, 0.1) is 18.7 Å². The molecule has 0 N–H and O–H groups in total. The minimum atomic E-state index is -0.0101. The molecule has 0 nitrogen and oxygen atoms in total. The largest absolute Gasteiger partial charge is 0.207 e. The first-order chi connectivity index (χ1) is 6.68. The van der Waals surface area contributed by atoms with Crippen molar-refractivity contribution < 1.29 is 4.39 Å². The zero-order chi connectivity index (χ0) is 10.1. The predicted octanol–water partition coefficient (Wildman–Crippen LogP) is 4.04. The third-order valence-corrected chi connectivity index (χ3v) is 3.37. The molecular weight excluding hydrogens is 175 g/mol. The van der Waals surface area contributed by atoms with E-state index >= 15 is 0 Å². The molecule has 2 atom stereocenters. The Morgan fingerprint density at radius 3 is 2.64 bits per heavy atom. The SMILES string of the molecule is Cc1cccc(F)c1C1CC[C@@H](C)C1. The predicted molar refractivity (Wildman–Crippen MR) is 56.9 cm³/mol. The van der Waals surface area contributed by atoms with Crippen LogP contribution in [0.4, 0.5) is 4.39 Å². The third-order valence-electron chi connectivity index (χ3n) is 3.37. The Balaban J connectivity index is 2.31. The Morgan fingerprint density at radius 1 is 1.29 bits per heavy atom. The molecule has 1 fully saturated rings. The monoisotopic (exact) mass is 192 g/mol. The van der Waals surface area contributed by atoms with Gasteiger partial charge in [-0.3, -0.25) is 0 Å². The average molecular weight is 192 g/mol. The molecule has 1 unspecified atom stereocenters. The van der Waals surface area contributed by atoms with Gasteiger partial charge in [-0.05, 0) is 48.8 Å². The topological polar surface area (TPSA) is 0 Å². The Morgan fingerprint density at radius 2 is 2.07 bits per heavy atom. The van der Waals surface area contributed by atoms with Crippen molar-refractivity contribution in [3.8, 4) is 0 Å². The molecule has 1 aliphatic carbocycles. The van der Waals surface area contributed by atoms with Gasteiger partial charge in [0.15, 0.2) is 0 Å². The zero-order valence-electron chi connectivity index (χ0n) is 8.89. The summed E-state index contributed by atoms with van der Waals surface area (Å²) < 4.78 is 13.6. The molecule has 0 bridgehead atoms. The number of benzene rings is 1. The van der Waals surface area contributed by atoms with E-state index in [-0.39, 0.29) is 5.82 Å². The lowest BCUT2D eigenvalue weighted by atomic mass is 9.92. The Kier molecular flexibility index (Phi) is 2.58. The third kappa shape index (κ3) is 1.68. The summed E-state index contributed by atoms with van der Waals surface area (Å²) in [6, 6.07) is 5.40. The molecule has 14 heavy (non-hydrogen) atoms. The first kappa shape index (κ1) is 9.70. The summed E-state index contributed by atoms with van der Waals surface area (Å²) in [6.45, 7) is 4.28. The van der Waals surface area contributed by atoms with Gasteiger partial charge in [0, 0.05) is 0 Å². The molecule has 0 amide bonds. The van der Waals surface area contributed by atoms with Crippen LogP contribution >= 0.6 is 0 Å². The maximum atomic E-state index is 13.6. The van der Waals surface area contributed by atoms with Crippen LogP contribution < -0.4 is 0 Å². The summed E-state index contributed by atoms with van der Waals surface area (Å²) in [5.74, 6) is 1.22. The number of aryl methyl sites for hydroxylation is 1. The fraction of sp³-hybridized carbons (Fsp3) is 0.538. The standard InChI is InChI=1S/C13H17F/c1-9-6-7-11(8-9)13-10(2)4-3-5-12(13)14/h3-5,9,11H,6-8H2,1-2H3/t9-,11?/m1/s1. The highest BCUT2D eigenvalue weighted by molar-refractivity contribution is 5.31. The Bertz CT molecular complexity index is 310. The van der Waals surface area contributed by atoms with Crippen LogP contribution in [0.2, 0.25) is 0 Å². The van der Waals surface area contributed by atoms with E-state index in [1.807, 2.05) is 13.0 Å². The highest BCUT2D eigenvalue weighted by Gasteiger charge is 2.25. The molecule has 1 aromatic rings. The molecule has 1 aliphatic rings. The number of halogens is 1. The van der Waals surface area contributed by atoms with E-state index in [4.69, 9.17) is 0 Å². The van der Waals surface area contributed by atoms with Gasteiger partial charge < -0.3 is 0 Å². The number of rotatable bonds is 1. The van der Waals surface area contributed by atoms with Gasteiger partial charge >= 0.3 is 0 Å². The van der Waals surface area contributed by atoms with E-state index in [9.17, 15) is 4.39 Å². The zero-order valence-corrected chi connectivity index (χ0v) is 8.89. The minimum absolute atomic E-state index is 0.0101. The lowest BCUT2D eigenvalue weighted by Crippen LogP contribution is -2.00. The molecule has 0 aromatic heterocycles. The molecule has 1 aromatic carbocycles. The van der Waals surface area contributed by atoms with E-state index in [1.54, 1.807) is 12.1 Å². The lowest BCUT2D eigenvalue weighted by molar-refractivity contribution is 0.559. The van der Waals surface area contributed by atoms with Crippen molar-refractivity contribution in [2.75, 3.05) is 0 Å². The Hall–Kier alpha value is -0.850. The van der Waals surface area contributed by atoms with Gasteiger partial charge in [0.05, 0.1) is 0 Å². The fourth-order valence-corrected chi connectivity index (χ4v) is 2.63. The molecule has 0 spiro atoms. The van der Waals surface area contributed by atoms with Gasteiger partial charge in [-0.2, -0.15) is 0 Å². The highest BCUT2D eigenvalue weighted by atomic mass is 19.1. The molecule has 0 aliphatic heterocycles. The highest BCUT2D eigenvalue weighted by Crippen LogP contribution is 2.40. The lowest BCUT2D eigenvalue weighted by Gasteiger charge is -2.14. The van der Waals surface area contributed by atoms with Gasteiger partial charge in [0.1, 0.15) is 5.82 Å². The van der Waals surface area contributed by atoms with E-state index in [0.717, 1.165) is 29.9 Å². The van der Waals surface area contributed by atoms with Crippen LogP contribution in [0.15, 0.2) is 18.2 Å². The average Bonchev–Trinajstić information content (AvgIpc) is 2.51. The normalized spacial score (nSPS) is 26.8. The van der Waals surface area contributed by atoms with Crippen molar-refractivity contribution in [1.82, 2.24) is 0 Å². The van der Waals surface area contributed by atoms with Gasteiger partial charge in [0.2, 0.25) is 0 Å². The van der Waals surface area contributed by atoms with Crippen molar-refractivity contribution in [3.05, 3.63) is 35.1 Å². The van der Waals surface area contributed by atoms with Crippen LogP contribution in [0.1, 0.15) is 43.2 Å². The maximum absolute atomic E-state index is 13.6. The minimum Gasteiger partial charge on any atom is -0.207 e. The quantitative estimate of drug-likeness (QED) is 0.630. The van der Waals surface area contributed by atoms with Crippen molar-refractivity contribution in [2.45, 2.75) is 39.0 Å². The molecule has 0 saturated heterocycles. The number of hydrogen-bond donors (Lipinski definition) is 0. The second-order valence-corrected chi connectivity index (χ2v) is 4.59. The van der Waals surface area contributed by atoms with Crippen LogP contribution in [0.25, 0.3) is 0 Å². The maximum Gasteiger partial charge on any atom is 0.126 e. The van der Waals surface area contributed by atoms with Gasteiger partial charge in [0.25, 0.3) is 0 Å². The van der Waals surface area contributed by atoms with Crippen LogP contribution in [-0.2, 0) is 0 Å². The van der Waals surface area contributed by atoms with Crippen molar-refractivity contribution >= 4 is 0 Å². The second-order valence-electron chi connectivity index (χ2n) is 4.59. The summed E-state index contributed by atoms with van der Waals surface area (Å²) in [5, 5.41) is 0. The smallest absolute Gasteiger partial charge is 0.126 e. The summed E-state index contributed by atoms with van der Waals surface area (Å²) in [4.78, 5) is 0. The van der Waals surface area contributed by atoms with E-state index in [1.165, 1.54) is 6.42 Å². The molecule has 1 saturated carbocycles. The van der Waals surface area contributed by atoms with E-state index < -0.39 is 0 Å². The first-order valence-corrected chi connectivity index (χ1v) is 5.43. The van der Waals surface area contributed by atoms with Gasteiger partial charge in [-0.15, -0.1) is 0 Å².